The lowest BCUT2D eigenvalue weighted by atomic mass is 10.2. The Balaban J connectivity index is 2.04. The van der Waals surface area contributed by atoms with Gasteiger partial charge in [-0.1, -0.05) is 0 Å². The Morgan fingerprint density at radius 3 is 2.68 bits per heavy atom. The highest BCUT2D eigenvalue weighted by atomic mass is 32.1. The average Bonchev–Trinajstić information content (AvgIpc) is 2.80. The summed E-state index contributed by atoms with van der Waals surface area (Å²) in [5.74, 6) is -1.90. The number of hydrogen-bond acceptors (Lipinski definition) is 3. The van der Waals surface area contributed by atoms with Crippen LogP contribution in [0.5, 0.6) is 0 Å². The van der Waals surface area contributed by atoms with Crippen molar-refractivity contribution in [2.24, 2.45) is 5.10 Å². The fourth-order valence-electron chi connectivity index (χ4n) is 1.27. The van der Waals surface area contributed by atoms with E-state index in [1.54, 1.807) is 0 Å². The predicted molar refractivity (Wildman–Crippen MR) is 65.7 cm³/mol. The van der Waals surface area contributed by atoms with E-state index < -0.39 is 22.7 Å². The molecule has 98 valence electrons. The van der Waals surface area contributed by atoms with Gasteiger partial charge in [-0.05, 0) is 30.3 Å². The molecule has 0 bridgehead atoms. The second kappa shape index (κ2) is 5.66. The molecule has 0 aliphatic heterocycles. The third-order valence-corrected chi connectivity index (χ3v) is 3.00. The first-order valence-corrected chi connectivity index (χ1v) is 5.92. The summed E-state index contributed by atoms with van der Waals surface area (Å²) in [5.41, 5.74) is 1.99. The van der Waals surface area contributed by atoms with Gasteiger partial charge in [-0.2, -0.15) is 9.49 Å². The monoisotopic (exact) mass is 284 g/mol. The van der Waals surface area contributed by atoms with Crippen molar-refractivity contribution in [2.75, 3.05) is 0 Å². The van der Waals surface area contributed by atoms with Gasteiger partial charge in [0, 0.05) is 5.56 Å². The van der Waals surface area contributed by atoms with Crippen LogP contribution in [0.3, 0.4) is 0 Å². The smallest absolute Gasteiger partial charge is 0.266 e. The van der Waals surface area contributed by atoms with E-state index in [2.05, 4.69) is 10.5 Å². The van der Waals surface area contributed by atoms with E-state index in [-0.39, 0.29) is 10.4 Å². The molecule has 19 heavy (non-hydrogen) atoms. The molecule has 1 heterocycles. The van der Waals surface area contributed by atoms with E-state index in [9.17, 15) is 18.0 Å². The second-order valence-corrected chi connectivity index (χ2v) is 4.50. The van der Waals surface area contributed by atoms with Gasteiger partial charge in [0.05, 0.1) is 11.1 Å². The van der Waals surface area contributed by atoms with Crippen molar-refractivity contribution < 1.29 is 18.0 Å². The molecular formula is C12H7F3N2OS. The highest BCUT2D eigenvalue weighted by Gasteiger charge is 2.08. The first kappa shape index (κ1) is 13.3. The Labute approximate surface area is 110 Å². The number of carbonyl (C=O) groups is 1. The number of hydrazone groups is 1. The molecule has 0 fully saturated rings. The van der Waals surface area contributed by atoms with Crippen LogP contribution in [-0.2, 0) is 0 Å². The maximum Gasteiger partial charge on any atom is 0.281 e. The van der Waals surface area contributed by atoms with Gasteiger partial charge in [-0.3, -0.25) is 4.79 Å². The summed E-state index contributed by atoms with van der Waals surface area (Å²) in [6.45, 7) is 0. The standard InChI is InChI=1S/C12H7F3N2OS/c13-8-1-2-9(14)7(5-8)6-16-17-12(18)10-3-4-11(15)19-10/h1-6H,(H,17,18). The summed E-state index contributed by atoms with van der Waals surface area (Å²) in [6.07, 6.45) is 0.972. The number of hydrogen-bond donors (Lipinski definition) is 1. The van der Waals surface area contributed by atoms with E-state index >= 15 is 0 Å². The Morgan fingerprint density at radius 1 is 1.21 bits per heavy atom. The van der Waals surface area contributed by atoms with Crippen LogP contribution in [-0.4, -0.2) is 12.1 Å². The largest absolute Gasteiger partial charge is 0.281 e. The molecule has 0 atom stereocenters. The summed E-state index contributed by atoms with van der Waals surface area (Å²) in [6, 6.07) is 5.31. The molecule has 0 radical (unpaired) electrons. The molecule has 2 aromatic rings. The van der Waals surface area contributed by atoms with Crippen molar-refractivity contribution >= 4 is 23.5 Å². The molecule has 0 saturated carbocycles. The van der Waals surface area contributed by atoms with Gasteiger partial charge in [0.1, 0.15) is 11.6 Å². The molecule has 0 aliphatic carbocycles. The maximum atomic E-state index is 13.2. The van der Waals surface area contributed by atoms with Crippen LogP contribution in [0.25, 0.3) is 0 Å². The van der Waals surface area contributed by atoms with Gasteiger partial charge in [0.2, 0.25) is 0 Å². The van der Waals surface area contributed by atoms with Gasteiger partial charge < -0.3 is 0 Å². The third-order valence-electron chi connectivity index (χ3n) is 2.12. The van der Waals surface area contributed by atoms with Crippen molar-refractivity contribution in [3.8, 4) is 0 Å². The van der Waals surface area contributed by atoms with E-state index in [1.807, 2.05) is 0 Å². The van der Waals surface area contributed by atoms with Crippen molar-refractivity contribution in [1.29, 1.82) is 0 Å². The van der Waals surface area contributed by atoms with Crippen LogP contribution < -0.4 is 5.43 Å². The number of nitrogens with one attached hydrogen (secondary N) is 1. The quantitative estimate of drug-likeness (QED) is 0.683. The normalized spacial score (nSPS) is 10.9. The van der Waals surface area contributed by atoms with Crippen molar-refractivity contribution in [2.45, 2.75) is 0 Å². The van der Waals surface area contributed by atoms with E-state index in [0.717, 1.165) is 30.5 Å². The number of halogens is 3. The lowest BCUT2D eigenvalue weighted by Crippen LogP contribution is -2.16. The van der Waals surface area contributed by atoms with Gasteiger partial charge in [0.25, 0.3) is 5.91 Å². The lowest BCUT2D eigenvalue weighted by molar-refractivity contribution is 0.0959. The molecule has 0 saturated heterocycles. The molecule has 1 aromatic heterocycles. The molecule has 1 aromatic carbocycles. The van der Waals surface area contributed by atoms with Crippen LogP contribution >= 0.6 is 11.3 Å². The predicted octanol–water partition coefficient (Wildman–Crippen LogP) is 2.93. The minimum absolute atomic E-state index is 0.0994. The highest BCUT2D eigenvalue weighted by Crippen LogP contribution is 2.13. The number of nitrogens with zero attached hydrogens (tertiary/aromatic N) is 1. The van der Waals surface area contributed by atoms with Crippen LogP contribution in [0.15, 0.2) is 35.4 Å². The SMILES string of the molecule is O=C(NN=Cc1cc(F)ccc1F)c1ccc(F)s1. The van der Waals surface area contributed by atoms with Gasteiger partial charge in [0.15, 0.2) is 5.13 Å². The zero-order chi connectivity index (χ0) is 13.8. The third kappa shape index (κ3) is 3.41. The maximum absolute atomic E-state index is 13.2. The first-order chi connectivity index (χ1) is 9.06. The Kier molecular flexibility index (Phi) is 3.96. The Morgan fingerprint density at radius 2 is 2.00 bits per heavy atom. The average molecular weight is 284 g/mol. The van der Waals surface area contributed by atoms with Crippen LogP contribution in [0, 0.1) is 16.8 Å². The van der Waals surface area contributed by atoms with Crippen molar-refractivity contribution in [3.63, 3.8) is 0 Å². The molecule has 0 unspecified atom stereocenters. The zero-order valence-electron chi connectivity index (χ0n) is 9.36. The summed E-state index contributed by atoms with van der Waals surface area (Å²) in [5, 5.41) is 2.99. The van der Waals surface area contributed by atoms with E-state index in [4.69, 9.17) is 0 Å². The molecule has 3 nitrogen and oxygen atoms in total. The van der Waals surface area contributed by atoms with Crippen molar-refractivity contribution in [1.82, 2.24) is 5.43 Å². The minimum atomic E-state index is -0.665. The molecule has 1 N–H and O–H groups in total. The van der Waals surface area contributed by atoms with Crippen LogP contribution in [0.4, 0.5) is 13.2 Å². The fourth-order valence-corrected chi connectivity index (χ4v) is 1.89. The molecule has 7 heteroatoms. The summed E-state index contributed by atoms with van der Waals surface area (Å²) >= 11 is 0.661. The topological polar surface area (TPSA) is 41.5 Å². The molecular weight excluding hydrogens is 277 g/mol. The number of benzene rings is 1. The summed E-state index contributed by atoms with van der Waals surface area (Å²) in [7, 11) is 0. The number of thiophene rings is 1. The van der Waals surface area contributed by atoms with Crippen LogP contribution in [0.2, 0.25) is 0 Å². The number of rotatable bonds is 3. The zero-order valence-corrected chi connectivity index (χ0v) is 10.2. The van der Waals surface area contributed by atoms with Crippen molar-refractivity contribution in [3.05, 3.63) is 57.5 Å². The minimum Gasteiger partial charge on any atom is -0.266 e. The molecule has 0 aliphatic rings. The van der Waals surface area contributed by atoms with Gasteiger partial charge >= 0.3 is 0 Å². The molecule has 1 amide bonds. The number of amides is 1. The van der Waals surface area contributed by atoms with E-state index in [0.29, 0.717) is 11.3 Å². The Hall–Kier alpha value is -2.15. The van der Waals surface area contributed by atoms with Gasteiger partial charge in [-0.15, -0.1) is 11.3 Å². The van der Waals surface area contributed by atoms with Gasteiger partial charge in [-0.25, -0.2) is 14.2 Å². The lowest BCUT2D eigenvalue weighted by Gasteiger charge is -1.97. The van der Waals surface area contributed by atoms with Crippen LogP contribution in [0.1, 0.15) is 15.2 Å². The van der Waals surface area contributed by atoms with E-state index in [1.165, 1.54) is 6.07 Å². The molecule has 0 spiro atoms. The second-order valence-electron chi connectivity index (χ2n) is 3.47. The summed E-state index contributed by atoms with van der Waals surface area (Å²) < 4.78 is 38.7. The fraction of sp³-hybridized carbons (Fsp3) is 0. The summed E-state index contributed by atoms with van der Waals surface area (Å²) in [4.78, 5) is 11.6. The molecule has 2 rings (SSSR count). The number of carbonyl (C=O) groups excluding carboxylic acids is 1. The first-order valence-electron chi connectivity index (χ1n) is 5.10. The Bertz CT molecular complexity index is 640. The highest BCUT2D eigenvalue weighted by molar-refractivity contribution is 7.12.